The Bertz CT molecular complexity index is 636. The van der Waals surface area contributed by atoms with E-state index in [9.17, 15) is 18.3 Å². The SMILES string of the molecule is Cc1cc(C)c(C(O)c2ccccc2C(F)(F)F)c(C)c1. The van der Waals surface area contributed by atoms with E-state index >= 15 is 0 Å². The molecule has 0 saturated carbocycles. The summed E-state index contributed by atoms with van der Waals surface area (Å²) in [5.41, 5.74) is 2.23. The van der Waals surface area contributed by atoms with Gasteiger partial charge in [-0.3, -0.25) is 0 Å². The zero-order valence-corrected chi connectivity index (χ0v) is 12.1. The molecule has 0 amide bonds. The number of halogens is 3. The van der Waals surface area contributed by atoms with Gasteiger partial charge in [0.25, 0.3) is 0 Å². The van der Waals surface area contributed by atoms with E-state index in [4.69, 9.17) is 0 Å². The predicted octanol–water partition coefficient (Wildman–Crippen LogP) is 4.71. The first kappa shape index (κ1) is 15.6. The summed E-state index contributed by atoms with van der Waals surface area (Å²) in [7, 11) is 0. The Balaban J connectivity index is 2.59. The summed E-state index contributed by atoms with van der Waals surface area (Å²) in [6.45, 7) is 5.52. The van der Waals surface area contributed by atoms with E-state index in [1.807, 2.05) is 19.1 Å². The third-order valence-corrected chi connectivity index (χ3v) is 3.57. The molecular weight excluding hydrogens is 277 g/mol. The van der Waals surface area contributed by atoms with Gasteiger partial charge in [0, 0.05) is 0 Å². The number of rotatable bonds is 2. The molecule has 21 heavy (non-hydrogen) atoms. The maximum Gasteiger partial charge on any atom is 0.416 e. The maximum absolute atomic E-state index is 13.1. The standard InChI is InChI=1S/C17H17F3O/c1-10-8-11(2)15(12(3)9-10)16(21)13-6-4-5-7-14(13)17(18,19)20/h4-9,16,21H,1-3H3. The molecule has 1 nitrogen and oxygen atoms in total. The molecular formula is C17H17F3O. The summed E-state index contributed by atoms with van der Waals surface area (Å²) in [5.74, 6) is 0. The van der Waals surface area contributed by atoms with E-state index in [1.165, 1.54) is 18.2 Å². The Kier molecular flexibility index (Phi) is 4.10. The smallest absolute Gasteiger partial charge is 0.384 e. The minimum Gasteiger partial charge on any atom is -0.384 e. The summed E-state index contributed by atoms with van der Waals surface area (Å²) in [4.78, 5) is 0. The molecule has 0 aromatic heterocycles. The van der Waals surface area contributed by atoms with Crippen molar-refractivity contribution in [2.75, 3.05) is 0 Å². The van der Waals surface area contributed by atoms with Gasteiger partial charge in [-0.15, -0.1) is 0 Å². The average Bonchev–Trinajstić information content (AvgIpc) is 2.36. The van der Waals surface area contributed by atoms with Crippen LogP contribution in [0.1, 0.15) is 39.5 Å². The van der Waals surface area contributed by atoms with Gasteiger partial charge in [-0.1, -0.05) is 35.9 Å². The molecule has 0 aliphatic carbocycles. The monoisotopic (exact) mass is 294 g/mol. The van der Waals surface area contributed by atoms with Crippen molar-refractivity contribution in [3.63, 3.8) is 0 Å². The van der Waals surface area contributed by atoms with Crippen LogP contribution in [0.2, 0.25) is 0 Å². The molecule has 0 bridgehead atoms. The van der Waals surface area contributed by atoms with Crippen molar-refractivity contribution in [3.8, 4) is 0 Å². The Morgan fingerprint density at radius 2 is 1.48 bits per heavy atom. The zero-order chi connectivity index (χ0) is 15.8. The molecule has 2 aromatic carbocycles. The molecule has 1 unspecified atom stereocenters. The summed E-state index contributed by atoms with van der Waals surface area (Å²) in [6, 6.07) is 8.88. The topological polar surface area (TPSA) is 20.2 Å². The number of alkyl halides is 3. The minimum atomic E-state index is -4.48. The highest BCUT2D eigenvalue weighted by molar-refractivity contribution is 5.45. The van der Waals surface area contributed by atoms with Crippen LogP contribution in [0.25, 0.3) is 0 Å². The van der Waals surface area contributed by atoms with Crippen LogP contribution >= 0.6 is 0 Å². The highest BCUT2D eigenvalue weighted by Gasteiger charge is 2.35. The van der Waals surface area contributed by atoms with E-state index in [1.54, 1.807) is 13.8 Å². The fourth-order valence-electron chi connectivity index (χ4n) is 2.77. The third-order valence-electron chi connectivity index (χ3n) is 3.57. The lowest BCUT2D eigenvalue weighted by Gasteiger charge is -2.21. The molecule has 0 heterocycles. The fraction of sp³-hybridized carbons (Fsp3) is 0.294. The number of aliphatic hydroxyl groups excluding tert-OH is 1. The van der Waals surface area contributed by atoms with Crippen molar-refractivity contribution in [1.82, 2.24) is 0 Å². The normalized spacial score (nSPS) is 13.3. The first-order chi connectivity index (χ1) is 9.71. The Morgan fingerprint density at radius 3 is 2.00 bits per heavy atom. The van der Waals surface area contributed by atoms with Crippen molar-refractivity contribution < 1.29 is 18.3 Å². The maximum atomic E-state index is 13.1. The lowest BCUT2D eigenvalue weighted by atomic mass is 9.90. The van der Waals surface area contributed by atoms with Gasteiger partial charge < -0.3 is 5.11 Å². The molecule has 0 radical (unpaired) electrons. The second kappa shape index (κ2) is 5.53. The highest BCUT2D eigenvalue weighted by atomic mass is 19.4. The van der Waals surface area contributed by atoms with Gasteiger partial charge in [0.2, 0.25) is 0 Å². The summed E-state index contributed by atoms with van der Waals surface area (Å²) >= 11 is 0. The van der Waals surface area contributed by atoms with Crippen LogP contribution in [0.15, 0.2) is 36.4 Å². The summed E-state index contributed by atoms with van der Waals surface area (Å²) in [5, 5.41) is 10.5. The van der Waals surface area contributed by atoms with Gasteiger partial charge in [0.15, 0.2) is 0 Å². The number of hydrogen-bond acceptors (Lipinski definition) is 1. The van der Waals surface area contributed by atoms with E-state index in [0.29, 0.717) is 5.56 Å². The molecule has 0 saturated heterocycles. The lowest BCUT2D eigenvalue weighted by molar-refractivity contribution is -0.139. The van der Waals surface area contributed by atoms with Crippen LogP contribution in [-0.4, -0.2) is 5.11 Å². The van der Waals surface area contributed by atoms with Crippen molar-refractivity contribution in [2.45, 2.75) is 33.1 Å². The highest BCUT2D eigenvalue weighted by Crippen LogP contribution is 2.38. The van der Waals surface area contributed by atoms with Gasteiger partial charge in [-0.2, -0.15) is 13.2 Å². The molecule has 2 rings (SSSR count). The first-order valence-electron chi connectivity index (χ1n) is 6.63. The Labute approximate surface area is 122 Å². The van der Waals surface area contributed by atoms with Crippen LogP contribution in [0.5, 0.6) is 0 Å². The average molecular weight is 294 g/mol. The Morgan fingerprint density at radius 1 is 0.952 bits per heavy atom. The van der Waals surface area contributed by atoms with Crippen molar-refractivity contribution >= 4 is 0 Å². The summed E-state index contributed by atoms with van der Waals surface area (Å²) < 4.78 is 39.2. The van der Waals surface area contributed by atoms with Gasteiger partial charge in [-0.25, -0.2) is 0 Å². The number of hydrogen-bond donors (Lipinski definition) is 1. The second-order valence-electron chi connectivity index (χ2n) is 5.30. The van der Waals surface area contributed by atoms with Crippen LogP contribution in [0.3, 0.4) is 0 Å². The molecule has 0 fully saturated rings. The molecule has 2 aromatic rings. The quantitative estimate of drug-likeness (QED) is 0.850. The molecule has 0 spiro atoms. The van der Waals surface area contributed by atoms with E-state index < -0.39 is 17.8 Å². The molecule has 0 aliphatic rings. The minimum absolute atomic E-state index is 0.111. The molecule has 1 N–H and O–H groups in total. The summed E-state index contributed by atoms with van der Waals surface area (Å²) in [6.07, 6.45) is -5.77. The molecule has 1 atom stereocenters. The van der Waals surface area contributed by atoms with E-state index in [0.717, 1.165) is 22.8 Å². The second-order valence-corrected chi connectivity index (χ2v) is 5.30. The van der Waals surface area contributed by atoms with Gasteiger partial charge in [0.05, 0.1) is 5.56 Å². The van der Waals surface area contributed by atoms with Crippen LogP contribution < -0.4 is 0 Å². The van der Waals surface area contributed by atoms with Gasteiger partial charge in [-0.05, 0) is 49.1 Å². The third kappa shape index (κ3) is 3.10. The van der Waals surface area contributed by atoms with Crippen LogP contribution in [-0.2, 0) is 6.18 Å². The predicted molar refractivity (Wildman–Crippen MR) is 76.2 cm³/mol. The van der Waals surface area contributed by atoms with E-state index in [2.05, 4.69) is 0 Å². The van der Waals surface area contributed by atoms with Crippen molar-refractivity contribution in [1.29, 1.82) is 0 Å². The van der Waals surface area contributed by atoms with Crippen molar-refractivity contribution in [2.24, 2.45) is 0 Å². The number of aliphatic hydroxyl groups is 1. The Hall–Kier alpha value is -1.81. The molecule has 0 aliphatic heterocycles. The van der Waals surface area contributed by atoms with Gasteiger partial charge in [0.1, 0.15) is 6.10 Å². The van der Waals surface area contributed by atoms with Crippen molar-refractivity contribution in [3.05, 3.63) is 69.8 Å². The van der Waals surface area contributed by atoms with Gasteiger partial charge >= 0.3 is 6.18 Å². The molecule has 112 valence electrons. The number of benzene rings is 2. The van der Waals surface area contributed by atoms with Crippen LogP contribution in [0, 0.1) is 20.8 Å². The lowest BCUT2D eigenvalue weighted by Crippen LogP contribution is -2.14. The van der Waals surface area contributed by atoms with E-state index in [-0.39, 0.29) is 5.56 Å². The van der Waals surface area contributed by atoms with Crippen LogP contribution in [0.4, 0.5) is 13.2 Å². The zero-order valence-electron chi connectivity index (χ0n) is 12.1. The fourth-order valence-corrected chi connectivity index (χ4v) is 2.77. The largest absolute Gasteiger partial charge is 0.416 e. The number of aryl methyl sites for hydroxylation is 3. The first-order valence-corrected chi connectivity index (χ1v) is 6.63. The molecule has 4 heteroatoms.